The Hall–Kier alpha value is -5.52. The summed E-state index contributed by atoms with van der Waals surface area (Å²) < 4.78 is 48.0. The Kier molecular flexibility index (Phi) is 12.6. The second-order valence-electron chi connectivity index (χ2n) is 18.5. The number of halogens is 1. The summed E-state index contributed by atoms with van der Waals surface area (Å²) in [6.45, 7) is 13.6. The quantitative estimate of drug-likeness (QED) is 0.0912. The van der Waals surface area contributed by atoms with Crippen molar-refractivity contribution in [3.05, 3.63) is 117 Å². The number of fused-ring (bicyclic) bond motifs is 2. The number of aromatic amines is 1. The fraction of sp³-hybridized carbons (Fsp3) is 0.417. The largest absolute Gasteiger partial charge is 0.493 e. The number of sulfonamides is 1. The zero-order valence-corrected chi connectivity index (χ0v) is 38.4. The van der Waals surface area contributed by atoms with Gasteiger partial charge in [-0.25, -0.2) is 18.1 Å². The number of hydrogen-bond donors (Lipinski definition) is 2. The van der Waals surface area contributed by atoms with Gasteiger partial charge in [-0.3, -0.25) is 24.7 Å². The van der Waals surface area contributed by atoms with Gasteiger partial charge in [0.25, 0.3) is 21.6 Å². The normalized spacial score (nSPS) is 20.6. The van der Waals surface area contributed by atoms with Crippen LogP contribution in [0.4, 0.5) is 11.4 Å². The molecular formula is C48H54ClN7O8S. The summed E-state index contributed by atoms with van der Waals surface area (Å²) in [6.07, 6.45) is 6.82. The van der Waals surface area contributed by atoms with Gasteiger partial charge in [-0.2, -0.15) is 0 Å². The fourth-order valence-electron chi connectivity index (χ4n) is 9.51. The van der Waals surface area contributed by atoms with Crippen LogP contribution >= 0.6 is 11.6 Å². The van der Waals surface area contributed by atoms with E-state index in [0.717, 1.165) is 80.7 Å². The molecule has 2 aromatic heterocycles. The second-order valence-corrected chi connectivity index (χ2v) is 20.6. The van der Waals surface area contributed by atoms with Crippen molar-refractivity contribution in [3.8, 4) is 17.2 Å². The Morgan fingerprint density at radius 3 is 2.62 bits per heavy atom. The third kappa shape index (κ3) is 10.0. The lowest BCUT2D eigenvalue weighted by molar-refractivity contribution is -0.386. The molecule has 1 aliphatic carbocycles. The van der Waals surface area contributed by atoms with Gasteiger partial charge in [0.15, 0.2) is 0 Å². The number of anilines is 1. The molecular weight excluding hydrogens is 870 g/mol. The van der Waals surface area contributed by atoms with Crippen molar-refractivity contribution in [2.75, 3.05) is 70.5 Å². The van der Waals surface area contributed by atoms with Crippen LogP contribution in [0.15, 0.2) is 89.6 Å². The monoisotopic (exact) mass is 923 g/mol. The lowest BCUT2D eigenvalue weighted by atomic mass is 9.72. The summed E-state index contributed by atoms with van der Waals surface area (Å²) in [7, 11) is -4.63. The number of aromatic nitrogens is 2. The number of nitrogens with zero attached hydrogens (tertiary/aromatic N) is 5. The molecule has 0 saturated carbocycles. The van der Waals surface area contributed by atoms with E-state index in [2.05, 4.69) is 62.3 Å². The van der Waals surface area contributed by atoms with Gasteiger partial charge in [-0.05, 0) is 85.6 Å². The molecule has 5 heterocycles. The topological polar surface area (TPSA) is 172 Å². The molecule has 0 bridgehead atoms. The van der Waals surface area contributed by atoms with E-state index < -0.39 is 25.7 Å². The minimum Gasteiger partial charge on any atom is -0.493 e. The highest BCUT2D eigenvalue weighted by Gasteiger charge is 2.35. The molecule has 17 heteroatoms. The smallest absolute Gasteiger partial charge is 0.277 e. The van der Waals surface area contributed by atoms with Crippen LogP contribution in [0.25, 0.3) is 16.6 Å². The summed E-state index contributed by atoms with van der Waals surface area (Å²) in [5.41, 5.74) is 5.69. The number of benzene rings is 3. The number of H-pyrrole nitrogens is 1. The Balaban J connectivity index is 0.937. The number of morpholine rings is 1. The number of rotatable bonds is 12. The standard InChI is InChI=1S/C48H54ClN7O8S/c1-31-29-62-19-18-55(31)27-32-20-41-43(56(58)59)23-39(24-44(41)63-30-32)65(60,61)52-47(57)40-9-8-37(22-45(40)64-38-21-34-11-13-50-46(34)51-26-38)54-16-14-53(15-17-54)28-35-10-12-48(2,3)25-42(35)33-4-6-36(49)7-5-33/h4-9,11,13,21-24,26,31-32H,10,12,14-20,25,27-30H2,1-3H3,(H,50,51)(H,52,57)/t31-,32-/m1/s1. The van der Waals surface area contributed by atoms with E-state index in [9.17, 15) is 23.3 Å². The van der Waals surface area contributed by atoms with Crippen molar-refractivity contribution in [1.29, 1.82) is 0 Å². The van der Waals surface area contributed by atoms with Crippen molar-refractivity contribution in [2.24, 2.45) is 11.3 Å². The number of amides is 1. The van der Waals surface area contributed by atoms with Gasteiger partial charge in [0.1, 0.15) is 22.9 Å². The molecule has 2 saturated heterocycles. The van der Waals surface area contributed by atoms with Crippen LogP contribution in [-0.4, -0.2) is 111 Å². The number of hydrogen-bond acceptors (Lipinski definition) is 12. The number of nitro benzene ring substituents is 1. The molecule has 3 aromatic carbocycles. The van der Waals surface area contributed by atoms with E-state index >= 15 is 0 Å². The molecule has 0 unspecified atom stereocenters. The highest BCUT2D eigenvalue weighted by molar-refractivity contribution is 7.90. The predicted octanol–water partition coefficient (Wildman–Crippen LogP) is 8.09. The number of ether oxygens (including phenoxy) is 3. The number of nitro groups is 1. The number of pyridine rings is 1. The van der Waals surface area contributed by atoms with Gasteiger partial charge in [0, 0.05) is 98.3 Å². The first-order valence-electron chi connectivity index (χ1n) is 22.2. The van der Waals surface area contributed by atoms with E-state index in [-0.39, 0.29) is 46.7 Å². The summed E-state index contributed by atoms with van der Waals surface area (Å²) in [4.78, 5) is 39.9. The molecule has 9 rings (SSSR count). The Morgan fingerprint density at radius 2 is 1.85 bits per heavy atom. The summed E-state index contributed by atoms with van der Waals surface area (Å²) in [5.74, 6) is -0.421. The number of nitrogens with one attached hydrogen (secondary N) is 2. The average molecular weight is 925 g/mol. The van der Waals surface area contributed by atoms with Gasteiger partial charge >= 0.3 is 0 Å². The number of allylic oxidation sites excluding steroid dienone is 1. The first-order chi connectivity index (χ1) is 31.2. The molecule has 342 valence electrons. The highest BCUT2D eigenvalue weighted by Crippen LogP contribution is 2.44. The summed E-state index contributed by atoms with van der Waals surface area (Å²) >= 11 is 6.25. The van der Waals surface area contributed by atoms with Crippen LogP contribution in [0.3, 0.4) is 0 Å². The van der Waals surface area contributed by atoms with E-state index in [1.165, 1.54) is 29.0 Å². The predicted molar refractivity (Wildman–Crippen MR) is 250 cm³/mol. The van der Waals surface area contributed by atoms with Crippen molar-refractivity contribution < 1.29 is 32.3 Å². The number of carbonyl (C=O) groups is 1. The van der Waals surface area contributed by atoms with Gasteiger partial charge in [0.2, 0.25) is 0 Å². The van der Waals surface area contributed by atoms with Crippen molar-refractivity contribution in [1.82, 2.24) is 24.5 Å². The average Bonchev–Trinajstić information content (AvgIpc) is 3.76. The van der Waals surface area contributed by atoms with Crippen LogP contribution in [0.2, 0.25) is 5.02 Å². The van der Waals surface area contributed by atoms with Crippen LogP contribution < -0.4 is 19.1 Å². The van der Waals surface area contributed by atoms with E-state index in [4.69, 9.17) is 25.8 Å². The van der Waals surface area contributed by atoms with Crippen molar-refractivity contribution in [3.63, 3.8) is 0 Å². The van der Waals surface area contributed by atoms with E-state index in [0.29, 0.717) is 43.1 Å². The molecule has 2 atom stereocenters. The maximum absolute atomic E-state index is 14.1. The first kappa shape index (κ1) is 44.7. The number of piperazine rings is 1. The summed E-state index contributed by atoms with van der Waals surface area (Å²) in [6, 6.07) is 19.3. The third-order valence-corrected chi connectivity index (χ3v) is 14.8. The molecule has 0 spiro atoms. The van der Waals surface area contributed by atoms with Gasteiger partial charge in [-0.15, -0.1) is 0 Å². The van der Waals surface area contributed by atoms with Crippen molar-refractivity contribution in [2.45, 2.75) is 57.4 Å². The maximum Gasteiger partial charge on any atom is 0.277 e. The Morgan fingerprint density at radius 1 is 1.05 bits per heavy atom. The second kappa shape index (κ2) is 18.4. The van der Waals surface area contributed by atoms with E-state index in [1.807, 2.05) is 18.2 Å². The highest BCUT2D eigenvalue weighted by atomic mass is 35.5. The molecule has 1 amide bonds. The van der Waals surface area contributed by atoms with Crippen LogP contribution in [-0.2, 0) is 21.2 Å². The molecule has 5 aromatic rings. The SMILES string of the molecule is C[C@@H]1COCCN1C[C@@H]1COc2cc(S(=O)(=O)NC(=O)c3ccc(N4CCN(CC5=C(c6ccc(Cl)cc6)CC(C)(C)CC5)CC4)cc3Oc3cnc4[nH]ccc4c3)cc([N+](=O)[O-])c2C1. The maximum atomic E-state index is 14.1. The molecule has 2 fully saturated rings. The third-order valence-electron chi connectivity index (χ3n) is 13.2. The van der Waals surface area contributed by atoms with Gasteiger partial charge < -0.3 is 24.1 Å². The number of carbonyl (C=O) groups excluding carboxylic acids is 1. The first-order valence-corrected chi connectivity index (χ1v) is 24.1. The van der Waals surface area contributed by atoms with Crippen LogP contribution in [0, 0.1) is 21.4 Å². The lowest BCUT2D eigenvalue weighted by Crippen LogP contribution is -2.47. The molecule has 3 aliphatic heterocycles. The Bertz CT molecular complexity index is 2750. The molecule has 4 aliphatic rings. The fourth-order valence-corrected chi connectivity index (χ4v) is 10.6. The molecule has 15 nitrogen and oxygen atoms in total. The van der Waals surface area contributed by atoms with Crippen molar-refractivity contribution >= 4 is 55.5 Å². The van der Waals surface area contributed by atoms with E-state index in [1.54, 1.807) is 30.5 Å². The minimum absolute atomic E-state index is 0.0386. The molecule has 2 N–H and O–H groups in total. The Labute approximate surface area is 383 Å². The van der Waals surface area contributed by atoms with Gasteiger partial charge in [0.05, 0.1) is 47.0 Å². The minimum atomic E-state index is -4.63. The van der Waals surface area contributed by atoms with Gasteiger partial charge in [-0.1, -0.05) is 43.2 Å². The van der Waals surface area contributed by atoms with Crippen LogP contribution in [0.1, 0.15) is 61.5 Å². The lowest BCUT2D eigenvalue weighted by Gasteiger charge is -2.39. The zero-order chi connectivity index (χ0) is 45.5. The van der Waals surface area contributed by atoms with Crippen LogP contribution in [0.5, 0.6) is 17.2 Å². The molecule has 0 radical (unpaired) electrons. The zero-order valence-electron chi connectivity index (χ0n) is 36.8. The summed E-state index contributed by atoms with van der Waals surface area (Å²) in [5, 5.41) is 13.9. The molecule has 65 heavy (non-hydrogen) atoms.